The van der Waals surface area contributed by atoms with Gasteiger partial charge in [0.25, 0.3) is 0 Å². The monoisotopic (exact) mass is 458 g/mol. The molecule has 0 saturated heterocycles. The van der Waals surface area contributed by atoms with Gasteiger partial charge in [0.1, 0.15) is 0 Å². The van der Waals surface area contributed by atoms with E-state index in [1.54, 1.807) is 7.05 Å². The van der Waals surface area contributed by atoms with Crippen molar-refractivity contribution in [2.75, 3.05) is 20.1 Å². The van der Waals surface area contributed by atoms with Crippen LogP contribution in [0.4, 0.5) is 0 Å². The molecule has 0 fully saturated rings. The summed E-state index contributed by atoms with van der Waals surface area (Å²) in [6, 6.07) is 8.40. The minimum atomic E-state index is -0.0289. The number of nitrogens with one attached hydrogen (secondary N) is 2. The Morgan fingerprint density at radius 3 is 2.56 bits per heavy atom. The summed E-state index contributed by atoms with van der Waals surface area (Å²) in [5.41, 5.74) is 2.63. The second kappa shape index (κ2) is 9.99. The van der Waals surface area contributed by atoms with Crippen LogP contribution in [-0.2, 0) is 17.8 Å². The molecule has 1 heterocycles. The molecule has 2 N–H and O–H groups in total. The third-order valence-electron chi connectivity index (χ3n) is 4.06. The number of halogens is 1. The number of nitrogens with zero attached hydrogens (tertiary/aromatic N) is 2. The zero-order valence-electron chi connectivity index (χ0n) is 15.8. The second-order valence-electron chi connectivity index (χ2n) is 7.31. The number of guanidine groups is 1. The smallest absolute Gasteiger partial charge is 0.222 e. The van der Waals surface area contributed by atoms with E-state index in [0.717, 1.165) is 38.4 Å². The molecule has 0 unspecified atom stereocenters. The lowest BCUT2D eigenvalue weighted by molar-refractivity contribution is -0.132. The van der Waals surface area contributed by atoms with Crippen molar-refractivity contribution >= 4 is 35.8 Å². The van der Waals surface area contributed by atoms with Crippen molar-refractivity contribution in [1.82, 2.24) is 15.5 Å². The molecule has 1 aromatic carbocycles. The highest BCUT2D eigenvalue weighted by Gasteiger charge is 2.19. The summed E-state index contributed by atoms with van der Waals surface area (Å²) >= 11 is 0. The zero-order valence-corrected chi connectivity index (χ0v) is 18.1. The van der Waals surface area contributed by atoms with E-state index in [1.165, 1.54) is 11.1 Å². The first-order valence-electron chi connectivity index (χ1n) is 8.72. The maximum atomic E-state index is 12.4. The first-order chi connectivity index (χ1) is 11.4. The van der Waals surface area contributed by atoms with Gasteiger partial charge in [-0.3, -0.25) is 9.79 Å². The highest BCUT2D eigenvalue weighted by Crippen LogP contribution is 2.19. The van der Waals surface area contributed by atoms with E-state index in [0.29, 0.717) is 6.42 Å². The van der Waals surface area contributed by atoms with Gasteiger partial charge in [0.2, 0.25) is 5.91 Å². The van der Waals surface area contributed by atoms with Gasteiger partial charge in [-0.2, -0.15) is 0 Å². The van der Waals surface area contributed by atoms with E-state index in [9.17, 15) is 4.79 Å². The Morgan fingerprint density at radius 1 is 1.24 bits per heavy atom. The van der Waals surface area contributed by atoms with Crippen LogP contribution in [0.1, 0.15) is 44.7 Å². The van der Waals surface area contributed by atoms with Crippen LogP contribution >= 0.6 is 24.0 Å². The predicted molar refractivity (Wildman–Crippen MR) is 114 cm³/mol. The molecule has 0 spiro atoms. The molecule has 6 heteroatoms. The molecule has 1 amide bonds. The molecule has 0 aliphatic carbocycles. The summed E-state index contributed by atoms with van der Waals surface area (Å²) in [5.74, 6) is 1.02. The lowest BCUT2D eigenvalue weighted by Crippen LogP contribution is -2.47. The Hall–Kier alpha value is -1.31. The fraction of sp³-hybridized carbons (Fsp3) is 0.579. The van der Waals surface area contributed by atoms with Gasteiger partial charge in [-0.25, -0.2) is 0 Å². The van der Waals surface area contributed by atoms with Crippen LogP contribution in [0.25, 0.3) is 0 Å². The standard InChI is InChI=1S/C19H30N4O.HI/c1-19(2,3)22-18(20-4)21-12-7-10-17(24)23-13-11-15-8-5-6-9-16(15)14-23;/h5-6,8-9H,7,10-14H2,1-4H3,(H2,20,21,22);1H. The fourth-order valence-corrected chi connectivity index (χ4v) is 2.85. The summed E-state index contributed by atoms with van der Waals surface area (Å²) in [4.78, 5) is 18.6. The van der Waals surface area contributed by atoms with Crippen molar-refractivity contribution in [3.63, 3.8) is 0 Å². The van der Waals surface area contributed by atoms with Crippen molar-refractivity contribution in [1.29, 1.82) is 0 Å². The number of aliphatic imine (C=N–C) groups is 1. The van der Waals surface area contributed by atoms with Crippen LogP contribution in [0.5, 0.6) is 0 Å². The van der Waals surface area contributed by atoms with Crippen LogP contribution in [0.2, 0.25) is 0 Å². The number of amides is 1. The molecule has 1 aliphatic heterocycles. The van der Waals surface area contributed by atoms with Gasteiger partial charge in [0.15, 0.2) is 5.96 Å². The van der Waals surface area contributed by atoms with E-state index >= 15 is 0 Å². The summed E-state index contributed by atoms with van der Waals surface area (Å²) in [7, 11) is 1.76. The lowest BCUT2D eigenvalue weighted by atomic mass is 9.99. The van der Waals surface area contributed by atoms with Crippen LogP contribution in [0.3, 0.4) is 0 Å². The summed E-state index contributed by atoms with van der Waals surface area (Å²) in [6.07, 6.45) is 2.34. The Kier molecular flexibility index (Phi) is 8.68. The van der Waals surface area contributed by atoms with E-state index in [-0.39, 0.29) is 35.4 Å². The molecular weight excluding hydrogens is 427 g/mol. The van der Waals surface area contributed by atoms with E-state index in [1.807, 2.05) is 11.0 Å². The number of hydrogen-bond donors (Lipinski definition) is 2. The average molecular weight is 458 g/mol. The molecule has 5 nitrogen and oxygen atoms in total. The van der Waals surface area contributed by atoms with E-state index in [2.05, 4.69) is 54.6 Å². The van der Waals surface area contributed by atoms with Crippen LogP contribution in [0.15, 0.2) is 29.3 Å². The van der Waals surface area contributed by atoms with Gasteiger partial charge >= 0.3 is 0 Å². The molecule has 0 bridgehead atoms. The first-order valence-corrected chi connectivity index (χ1v) is 8.72. The normalized spacial score (nSPS) is 14.4. The molecule has 2 rings (SSSR count). The van der Waals surface area contributed by atoms with Gasteiger partial charge in [-0.05, 0) is 44.7 Å². The van der Waals surface area contributed by atoms with Crippen molar-refractivity contribution in [3.05, 3.63) is 35.4 Å². The molecule has 140 valence electrons. The third kappa shape index (κ3) is 7.22. The maximum Gasteiger partial charge on any atom is 0.222 e. The third-order valence-corrected chi connectivity index (χ3v) is 4.06. The minimum Gasteiger partial charge on any atom is -0.356 e. The quantitative estimate of drug-likeness (QED) is 0.316. The van der Waals surface area contributed by atoms with Gasteiger partial charge in [-0.1, -0.05) is 24.3 Å². The highest BCUT2D eigenvalue weighted by atomic mass is 127. The SMILES string of the molecule is CN=C(NCCCC(=O)N1CCc2ccccc2C1)NC(C)(C)C.I. The summed E-state index contributed by atoms with van der Waals surface area (Å²) in [5, 5.41) is 6.58. The molecular formula is C19H31IN4O. The largest absolute Gasteiger partial charge is 0.356 e. The number of fused-ring (bicyclic) bond motifs is 1. The van der Waals surface area contributed by atoms with Crippen molar-refractivity contribution in [2.45, 2.75) is 52.1 Å². The first kappa shape index (κ1) is 21.7. The number of carbonyl (C=O) groups excluding carboxylic acids is 1. The highest BCUT2D eigenvalue weighted by molar-refractivity contribution is 14.0. The van der Waals surface area contributed by atoms with Crippen LogP contribution < -0.4 is 10.6 Å². The topological polar surface area (TPSA) is 56.7 Å². The number of carbonyl (C=O) groups is 1. The van der Waals surface area contributed by atoms with E-state index < -0.39 is 0 Å². The lowest BCUT2D eigenvalue weighted by Gasteiger charge is -2.29. The molecule has 1 aliphatic rings. The minimum absolute atomic E-state index is 0. The van der Waals surface area contributed by atoms with Crippen LogP contribution in [0, 0.1) is 0 Å². The molecule has 0 radical (unpaired) electrons. The van der Waals surface area contributed by atoms with Gasteiger partial charge in [0.05, 0.1) is 0 Å². The number of hydrogen-bond acceptors (Lipinski definition) is 2. The second-order valence-corrected chi connectivity index (χ2v) is 7.31. The van der Waals surface area contributed by atoms with Gasteiger partial charge in [0, 0.05) is 38.6 Å². The summed E-state index contributed by atoms with van der Waals surface area (Å²) < 4.78 is 0. The van der Waals surface area contributed by atoms with Gasteiger partial charge in [-0.15, -0.1) is 24.0 Å². The molecule has 0 atom stereocenters. The van der Waals surface area contributed by atoms with Crippen LogP contribution in [-0.4, -0.2) is 42.4 Å². The van der Waals surface area contributed by atoms with Crippen molar-refractivity contribution in [3.8, 4) is 0 Å². The molecule has 0 saturated carbocycles. The Balaban J connectivity index is 0.00000312. The fourth-order valence-electron chi connectivity index (χ4n) is 2.85. The Bertz CT molecular complexity index is 595. The summed E-state index contributed by atoms with van der Waals surface area (Å²) in [6.45, 7) is 8.60. The van der Waals surface area contributed by atoms with Crippen molar-refractivity contribution in [2.24, 2.45) is 4.99 Å². The molecule has 0 aromatic heterocycles. The average Bonchev–Trinajstić information content (AvgIpc) is 2.55. The number of rotatable bonds is 4. The molecule has 1 aromatic rings. The van der Waals surface area contributed by atoms with Crippen molar-refractivity contribution < 1.29 is 4.79 Å². The predicted octanol–water partition coefficient (Wildman–Crippen LogP) is 2.93. The maximum absolute atomic E-state index is 12.4. The molecule has 25 heavy (non-hydrogen) atoms. The Labute approximate surface area is 168 Å². The van der Waals surface area contributed by atoms with Gasteiger partial charge < -0.3 is 15.5 Å². The number of benzene rings is 1. The van der Waals surface area contributed by atoms with E-state index in [4.69, 9.17) is 0 Å². The zero-order chi connectivity index (χ0) is 17.6. The Morgan fingerprint density at radius 2 is 1.92 bits per heavy atom.